The van der Waals surface area contributed by atoms with Crippen LogP contribution in [0.1, 0.15) is 55.7 Å². The monoisotopic (exact) mass is 290 g/mol. The second kappa shape index (κ2) is 8.52. The molecule has 1 fully saturated rings. The van der Waals surface area contributed by atoms with Gasteiger partial charge in [-0.15, -0.1) is 0 Å². The Morgan fingerprint density at radius 1 is 1.19 bits per heavy atom. The van der Waals surface area contributed by atoms with Crippen LogP contribution in [0.5, 0.6) is 0 Å². The summed E-state index contributed by atoms with van der Waals surface area (Å²) in [5.41, 5.74) is 8.91. The SMILES string of the molecule is Cc1ccccc1C(N)CCN(CCO)C1CCCCC1. The highest BCUT2D eigenvalue weighted by molar-refractivity contribution is 5.28. The number of rotatable bonds is 7. The first-order valence-electron chi connectivity index (χ1n) is 8.38. The van der Waals surface area contributed by atoms with E-state index in [1.165, 1.54) is 43.2 Å². The minimum Gasteiger partial charge on any atom is -0.395 e. The Balaban J connectivity index is 1.90. The first kappa shape index (κ1) is 16.5. The predicted molar refractivity (Wildman–Crippen MR) is 88.3 cm³/mol. The van der Waals surface area contributed by atoms with Crippen molar-refractivity contribution >= 4 is 0 Å². The van der Waals surface area contributed by atoms with Crippen LogP contribution in [0.2, 0.25) is 0 Å². The zero-order valence-corrected chi connectivity index (χ0v) is 13.3. The number of nitrogens with zero attached hydrogens (tertiary/aromatic N) is 1. The van der Waals surface area contributed by atoms with E-state index < -0.39 is 0 Å². The zero-order chi connectivity index (χ0) is 15.1. The first-order chi connectivity index (χ1) is 10.2. The lowest BCUT2D eigenvalue weighted by Crippen LogP contribution is -2.40. The number of aryl methyl sites for hydroxylation is 1. The van der Waals surface area contributed by atoms with Crippen LogP contribution in [0.15, 0.2) is 24.3 Å². The second-order valence-corrected chi connectivity index (χ2v) is 6.30. The molecule has 0 aliphatic heterocycles. The summed E-state index contributed by atoms with van der Waals surface area (Å²) in [6, 6.07) is 9.13. The zero-order valence-electron chi connectivity index (χ0n) is 13.3. The molecule has 0 radical (unpaired) electrons. The molecule has 1 aromatic carbocycles. The van der Waals surface area contributed by atoms with Gasteiger partial charge in [-0.05, 0) is 37.3 Å². The summed E-state index contributed by atoms with van der Waals surface area (Å²) in [7, 11) is 0. The first-order valence-corrected chi connectivity index (χ1v) is 8.38. The van der Waals surface area contributed by atoms with E-state index in [2.05, 4.69) is 36.1 Å². The third kappa shape index (κ3) is 4.80. The van der Waals surface area contributed by atoms with Gasteiger partial charge in [-0.2, -0.15) is 0 Å². The van der Waals surface area contributed by atoms with Crippen LogP contribution >= 0.6 is 0 Å². The van der Waals surface area contributed by atoms with Gasteiger partial charge in [0.15, 0.2) is 0 Å². The maximum Gasteiger partial charge on any atom is 0.0558 e. The Morgan fingerprint density at radius 3 is 2.57 bits per heavy atom. The molecule has 0 aromatic heterocycles. The van der Waals surface area contributed by atoms with E-state index in [1.54, 1.807) is 0 Å². The Hall–Kier alpha value is -0.900. The third-order valence-electron chi connectivity index (χ3n) is 4.79. The highest BCUT2D eigenvalue weighted by Gasteiger charge is 2.21. The van der Waals surface area contributed by atoms with Crippen LogP contribution < -0.4 is 5.73 Å². The number of aliphatic hydroxyl groups excluding tert-OH is 1. The van der Waals surface area contributed by atoms with Gasteiger partial charge in [-0.3, -0.25) is 4.90 Å². The molecule has 0 amide bonds. The number of hydrogen-bond acceptors (Lipinski definition) is 3. The van der Waals surface area contributed by atoms with Crippen LogP contribution in [0, 0.1) is 6.92 Å². The smallest absolute Gasteiger partial charge is 0.0558 e. The van der Waals surface area contributed by atoms with Gasteiger partial charge in [-0.1, -0.05) is 43.5 Å². The average Bonchev–Trinajstić information content (AvgIpc) is 2.52. The van der Waals surface area contributed by atoms with Gasteiger partial charge < -0.3 is 10.8 Å². The van der Waals surface area contributed by atoms with Crippen molar-refractivity contribution in [1.82, 2.24) is 4.90 Å². The molecule has 3 nitrogen and oxygen atoms in total. The predicted octanol–water partition coefficient (Wildman–Crippen LogP) is 3.01. The summed E-state index contributed by atoms with van der Waals surface area (Å²) in [5, 5.41) is 9.32. The highest BCUT2D eigenvalue weighted by atomic mass is 16.3. The molecule has 21 heavy (non-hydrogen) atoms. The maximum atomic E-state index is 9.32. The van der Waals surface area contributed by atoms with Crippen LogP contribution in [0.4, 0.5) is 0 Å². The van der Waals surface area contributed by atoms with Gasteiger partial charge >= 0.3 is 0 Å². The van der Waals surface area contributed by atoms with E-state index in [1.807, 2.05) is 0 Å². The molecule has 0 heterocycles. The van der Waals surface area contributed by atoms with E-state index in [0.717, 1.165) is 19.5 Å². The van der Waals surface area contributed by atoms with Crippen molar-refractivity contribution in [3.05, 3.63) is 35.4 Å². The molecule has 1 atom stereocenters. The van der Waals surface area contributed by atoms with Crippen molar-refractivity contribution in [2.75, 3.05) is 19.7 Å². The van der Waals surface area contributed by atoms with E-state index in [4.69, 9.17) is 5.73 Å². The fourth-order valence-corrected chi connectivity index (χ4v) is 3.51. The van der Waals surface area contributed by atoms with E-state index in [-0.39, 0.29) is 12.6 Å². The maximum absolute atomic E-state index is 9.32. The molecule has 1 saturated carbocycles. The Kier molecular flexibility index (Phi) is 6.68. The minimum absolute atomic E-state index is 0.0935. The molecule has 1 aromatic rings. The summed E-state index contributed by atoms with van der Waals surface area (Å²) in [6.45, 7) is 4.14. The van der Waals surface area contributed by atoms with Crippen molar-refractivity contribution < 1.29 is 5.11 Å². The second-order valence-electron chi connectivity index (χ2n) is 6.30. The van der Waals surface area contributed by atoms with Crippen LogP contribution in [0.25, 0.3) is 0 Å². The molecular weight excluding hydrogens is 260 g/mol. The van der Waals surface area contributed by atoms with Gasteiger partial charge in [0.25, 0.3) is 0 Å². The molecule has 3 N–H and O–H groups in total. The largest absolute Gasteiger partial charge is 0.395 e. The van der Waals surface area contributed by atoms with E-state index in [0.29, 0.717) is 6.04 Å². The molecule has 0 spiro atoms. The lowest BCUT2D eigenvalue weighted by molar-refractivity contribution is 0.120. The molecule has 118 valence electrons. The van der Waals surface area contributed by atoms with Gasteiger partial charge in [0.2, 0.25) is 0 Å². The summed E-state index contributed by atoms with van der Waals surface area (Å²) < 4.78 is 0. The molecule has 0 bridgehead atoms. The van der Waals surface area contributed by atoms with Crippen molar-refractivity contribution in [3.63, 3.8) is 0 Å². The number of hydrogen-bond donors (Lipinski definition) is 2. The third-order valence-corrected chi connectivity index (χ3v) is 4.79. The van der Waals surface area contributed by atoms with Gasteiger partial charge in [0.05, 0.1) is 6.61 Å². The Bertz CT molecular complexity index is 415. The van der Waals surface area contributed by atoms with Gasteiger partial charge in [0, 0.05) is 25.2 Å². The summed E-state index contributed by atoms with van der Waals surface area (Å²) in [5.74, 6) is 0. The van der Waals surface area contributed by atoms with E-state index in [9.17, 15) is 5.11 Å². The Morgan fingerprint density at radius 2 is 1.90 bits per heavy atom. The topological polar surface area (TPSA) is 49.5 Å². The van der Waals surface area contributed by atoms with Crippen molar-refractivity contribution in [1.29, 1.82) is 0 Å². The molecule has 3 heteroatoms. The normalized spacial score (nSPS) is 18.1. The van der Waals surface area contributed by atoms with Gasteiger partial charge in [0.1, 0.15) is 0 Å². The van der Waals surface area contributed by atoms with Crippen LogP contribution in [-0.4, -0.2) is 35.7 Å². The average molecular weight is 290 g/mol. The van der Waals surface area contributed by atoms with E-state index >= 15 is 0 Å². The Labute approximate surface area is 129 Å². The number of benzene rings is 1. The summed E-state index contributed by atoms with van der Waals surface area (Å²) >= 11 is 0. The van der Waals surface area contributed by atoms with Crippen molar-refractivity contribution in [2.45, 2.75) is 57.5 Å². The summed E-state index contributed by atoms with van der Waals surface area (Å²) in [6.07, 6.45) is 7.54. The van der Waals surface area contributed by atoms with Crippen molar-refractivity contribution in [2.24, 2.45) is 5.73 Å². The molecule has 1 aliphatic rings. The summed E-state index contributed by atoms with van der Waals surface area (Å²) in [4.78, 5) is 2.46. The quantitative estimate of drug-likeness (QED) is 0.811. The fraction of sp³-hybridized carbons (Fsp3) is 0.667. The molecule has 0 saturated heterocycles. The molecule has 2 rings (SSSR count). The van der Waals surface area contributed by atoms with Crippen LogP contribution in [-0.2, 0) is 0 Å². The number of nitrogens with two attached hydrogens (primary N) is 1. The van der Waals surface area contributed by atoms with Gasteiger partial charge in [-0.25, -0.2) is 0 Å². The minimum atomic E-state index is 0.0935. The highest BCUT2D eigenvalue weighted by Crippen LogP contribution is 2.24. The standard InChI is InChI=1S/C18H30N2O/c1-15-7-5-6-10-17(15)18(19)11-12-20(13-14-21)16-8-3-2-4-9-16/h5-7,10,16,18,21H,2-4,8-9,11-14,19H2,1H3. The lowest BCUT2D eigenvalue weighted by atomic mass is 9.93. The van der Waals surface area contributed by atoms with Crippen LogP contribution in [0.3, 0.4) is 0 Å². The molecule has 1 unspecified atom stereocenters. The number of aliphatic hydroxyl groups is 1. The molecule has 1 aliphatic carbocycles. The fourth-order valence-electron chi connectivity index (χ4n) is 3.51. The van der Waals surface area contributed by atoms with Crippen molar-refractivity contribution in [3.8, 4) is 0 Å². The lowest BCUT2D eigenvalue weighted by Gasteiger charge is -2.34. The molecular formula is C18H30N2O.